The van der Waals surface area contributed by atoms with Crippen LogP contribution in [0.2, 0.25) is 0 Å². The van der Waals surface area contributed by atoms with Gasteiger partial charge in [0.2, 0.25) is 5.91 Å². The Hall–Kier alpha value is -3.52. The molecule has 0 spiro atoms. The van der Waals surface area contributed by atoms with Crippen LogP contribution in [0.3, 0.4) is 0 Å². The van der Waals surface area contributed by atoms with E-state index in [1.54, 1.807) is 26.1 Å². The molecular weight excluding hydrogens is 540 g/mol. The zero-order valence-corrected chi connectivity index (χ0v) is 26.4. The number of ether oxygens (including phenoxy) is 1. The minimum Gasteiger partial charge on any atom is -0.488 e. The highest BCUT2D eigenvalue weighted by atomic mass is 16.5. The molecule has 1 fully saturated rings. The topological polar surface area (TPSA) is 102 Å². The average Bonchev–Trinajstić information content (AvgIpc) is 3.04. The van der Waals surface area contributed by atoms with Crippen LogP contribution in [0.25, 0.3) is 10.9 Å². The van der Waals surface area contributed by atoms with Crippen LogP contribution in [-0.4, -0.2) is 34.3 Å². The van der Waals surface area contributed by atoms with Gasteiger partial charge in [0.1, 0.15) is 29.9 Å². The van der Waals surface area contributed by atoms with E-state index in [4.69, 9.17) is 4.74 Å². The van der Waals surface area contributed by atoms with Crippen LogP contribution in [0, 0.1) is 18.8 Å². The van der Waals surface area contributed by atoms with Crippen molar-refractivity contribution in [3.8, 4) is 5.75 Å². The zero-order chi connectivity index (χ0) is 31.0. The number of hydrogen-bond acceptors (Lipinski definition) is 6. The molecular formula is C35H48N4O4. The number of rotatable bonds is 14. The number of fused-ring (bicyclic) bond motifs is 1. The van der Waals surface area contributed by atoms with Crippen molar-refractivity contribution in [2.75, 3.05) is 7.05 Å². The molecule has 3 aromatic rings. The number of benzene rings is 2. The third-order valence-corrected chi connectivity index (χ3v) is 9.44. The maximum atomic E-state index is 13.6. The summed E-state index contributed by atoms with van der Waals surface area (Å²) < 4.78 is 7.53. The van der Waals surface area contributed by atoms with Gasteiger partial charge in [0, 0.05) is 25.6 Å². The van der Waals surface area contributed by atoms with Crippen molar-refractivity contribution in [1.29, 1.82) is 0 Å². The van der Waals surface area contributed by atoms with Crippen LogP contribution in [0.5, 0.6) is 5.75 Å². The van der Waals surface area contributed by atoms with Gasteiger partial charge in [-0.25, -0.2) is 4.98 Å². The smallest absolute Gasteiger partial charge is 0.265 e. The molecule has 2 aromatic carbocycles. The highest BCUT2D eigenvalue weighted by Gasteiger charge is 2.37. The molecule has 1 saturated carbocycles. The molecule has 1 heterocycles. The van der Waals surface area contributed by atoms with Gasteiger partial charge in [-0.1, -0.05) is 63.9 Å². The van der Waals surface area contributed by atoms with E-state index < -0.39 is 6.04 Å². The Kier molecular flexibility index (Phi) is 11.1. The average molecular weight is 589 g/mol. The Bertz CT molecular complexity index is 1440. The number of carbonyl (C=O) groups is 2. The number of aromatic nitrogens is 2. The molecule has 0 bridgehead atoms. The number of amides is 1. The summed E-state index contributed by atoms with van der Waals surface area (Å²) in [7, 11) is 1.54. The molecule has 1 aromatic heterocycles. The number of nitrogens with one attached hydrogen (secondary N) is 2. The highest BCUT2D eigenvalue weighted by Crippen LogP contribution is 2.41. The molecule has 0 saturated heterocycles. The molecule has 1 amide bonds. The Morgan fingerprint density at radius 2 is 1.77 bits per heavy atom. The Morgan fingerprint density at radius 1 is 1.09 bits per heavy atom. The van der Waals surface area contributed by atoms with Crippen LogP contribution in [-0.2, 0) is 22.7 Å². The second-order valence-corrected chi connectivity index (χ2v) is 12.2. The van der Waals surface area contributed by atoms with Gasteiger partial charge in [0.05, 0.1) is 11.6 Å². The molecule has 3 atom stereocenters. The van der Waals surface area contributed by atoms with Crippen molar-refractivity contribution in [1.82, 2.24) is 20.2 Å². The van der Waals surface area contributed by atoms with Gasteiger partial charge in [-0.05, 0) is 74.1 Å². The standard InChI is InChI=1S/C35H48N4O4/c1-6-25-18-26(7-2)20-35(8-3,19-25)37-21-27-12-14-28(15-13-27)23-43-31-11-9-10-30-33(31)34(42)39(24(4)38-30)29(22-40)16-17-32(41)36-5/h9-15,22,25-26,29,37H,6-8,16-21,23H2,1-5H3,(H,36,41). The molecule has 8 heteroatoms. The van der Waals surface area contributed by atoms with E-state index in [2.05, 4.69) is 60.7 Å². The molecule has 1 aliphatic carbocycles. The second-order valence-electron chi connectivity index (χ2n) is 12.2. The minimum atomic E-state index is -0.794. The first kappa shape index (κ1) is 32.4. The fourth-order valence-electron chi connectivity index (χ4n) is 6.71. The molecule has 2 N–H and O–H groups in total. The van der Waals surface area contributed by atoms with Gasteiger partial charge >= 0.3 is 0 Å². The summed E-state index contributed by atoms with van der Waals surface area (Å²) in [6.45, 7) is 9.81. The van der Waals surface area contributed by atoms with Gasteiger partial charge < -0.3 is 20.2 Å². The predicted molar refractivity (Wildman–Crippen MR) is 171 cm³/mol. The summed E-state index contributed by atoms with van der Waals surface area (Å²) in [5.74, 6) is 2.25. The Labute approximate surface area is 255 Å². The first-order valence-electron chi connectivity index (χ1n) is 15.9. The Morgan fingerprint density at radius 3 is 2.37 bits per heavy atom. The number of aryl methyl sites for hydroxylation is 1. The van der Waals surface area contributed by atoms with Crippen LogP contribution in [0.15, 0.2) is 47.3 Å². The van der Waals surface area contributed by atoms with Crippen LogP contribution in [0.1, 0.15) is 95.1 Å². The summed E-state index contributed by atoms with van der Waals surface area (Å²) in [6.07, 6.45) is 8.57. The number of aldehydes is 1. The largest absolute Gasteiger partial charge is 0.488 e. The zero-order valence-electron chi connectivity index (χ0n) is 26.4. The maximum Gasteiger partial charge on any atom is 0.265 e. The quantitative estimate of drug-likeness (QED) is 0.223. The van der Waals surface area contributed by atoms with Crippen molar-refractivity contribution >= 4 is 23.1 Å². The summed E-state index contributed by atoms with van der Waals surface area (Å²) in [5.41, 5.74) is 2.61. The lowest BCUT2D eigenvalue weighted by Crippen LogP contribution is -2.50. The molecule has 3 unspecified atom stereocenters. The van der Waals surface area contributed by atoms with Crippen LogP contribution in [0.4, 0.5) is 0 Å². The number of carbonyl (C=O) groups excluding carboxylic acids is 2. The summed E-state index contributed by atoms with van der Waals surface area (Å²) >= 11 is 0. The first-order chi connectivity index (χ1) is 20.8. The maximum absolute atomic E-state index is 13.6. The number of nitrogens with zero attached hydrogens (tertiary/aromatic N) is 2. The molecule has 8 nitrogen and oxygen atoms in total. The number of hydrogen-bond donors (Lipinski definition) is 2. The third kappa shape index (κ3) is 7.71. The molecule has 0 aliphatic heterocycles. The van der Waals surface area contributed by atoms with E-state index >= 15 is 0 Å². The molecule has 0 radical (unpaired) electrons. The Balaban J connectivity index is 1.46. The summed E-state index contributed by atoms with van der Waals surface area (Å²) in [5, 5.41) is 6.83. The van der Waals surface area contributed by atoms with Gasteiger partial charge in [-0.3, -0.25) is 14.2 Å². The van der Waals surface area contributed by atoms with E-state index in [0.717, 1.165) is 30.4 Å². The van der Waals surface area contributed by atoms with E-state index in [-0.39, 0.29) is 29.8 Å². The fraction of sp³-hybridized carbons (Fsp3) is 0.543. The third-order valence-electron chi connectivity index (χ3n) is 9.44. The first-order valence-corrected chi connectivity index (χ1v) is 15.9. The lowest BCUT2D eigenvalue weighted by atomic mass is 9.68. The molecule has 232 valence electrons. The van der Waals surface area contributed by atoms with Crippen molar-refractivity contribution in [2.24, 2.45) is 11.8 Å². The van der Waals surface area contributed by atoms with Crippen molar-refractivity contribution in [3.05, 3.63) is 69.8 Å². The molecule has 4 rings (SSSR count). The van der Waals surface area contributed by atoms with E-state index in [9.17, 15) is 14.4 Å². The van der Waals surface area contributed by atoms with Gasteiger partial charge in [-0.15, -0.1) is 0 Å². The highest BCUT2D eigenvalue weighted by molar-refractivity contribution is 5.84. The van der Waals surface area contributed by atoms with E-state index in [1.807, 2.05) is 6.07 Å². The van der Waals surface area contributed by atoms with Crippen molar-refractivity contribution in [3.63, 3.8) is 0 Å². The van der Waals surface area contributed by atoms with Crippen LogP contribution >= 0.6 is 0 Å². The summed E-state index contributed by atoms with van der Waals surface area (Å²) in [6, 6.07) is 13.0. The van der Waals surface area contributed by atoms with Crippen LogP contribution < -0.4 is 20.9 Å². The minimum absolute atomic E-state index is 0.130. The SMILES string of the molecule is CCC1CC(CC)CC(CC)(NCc2ccc(COc3cccc4nc(C)n(C(C=O)CCC(=O)NC)c(=O)c34)cc2)C1. The van der Waals surface area contributed by atoms with Crippen molar-refractivity contribution in [2.45, 2.75) is 104 Å². The molecule has 1 aliphatic rings. The van der Waals surface area contributed by atoms with Gasteiger partial charge in [0.15, 0.2) is 0 Å². The molecule has 43 heavy (non-hydrogen) atoms. The summed E-state index contributed by atoms with van der Waals surface area (Å²) in [4.78, 5) is 42.0. The lowest BCUT2D eigenvalue weighted by Gasteiger charge is -2.45. The predicted octanol–water partition coefficient (Wildman–Crippen LogP) is 6.02. The van der Waals surface area contributed by atoms with Crippen molar-refractivity contribution < 1.29 is 14.3 Å². The van der Waals surface area contributed by atoms with E-state index in [0.29, 0.717) is 35.4 Å². The fourth-order valence-corrected chi connectivity index (χ4v) is 6.71. The second kappa shape index (κ2) is 14.8. The lowest BCUT2D eigenvalue weighted by molar-refractivity contribution is -0.121. The normalized spacial score (nSPS) is 21.0. The van der Waals surface area contributed by atoms with Gasteiger partial charge in [0.25, 0.3) is 5.56 Å². The monoisotopic (exact) mass is 588 g/mol. The van der Waals surface area contributed by atoms with Gasteiger partial charge in [-0.2, -0.15) is 0 Å². The van der Waals surface area contributed by atoms with E-state index in [1.165, 1.54) is 42.2 Å².